The van der Waals surface area contributed by atoms with Crippen molar-refractivity contribution in [1.82, 2.24) is 0 Å². The van der Waals surface area contributed by atoms with E-state index in [-0.39, 0.29) is 22.6 Å². The monoisotopic (exact) mass is 480 g/mol. The van der Waals surface area contributed by atoms with Gasteiger partial charge in [-0.1, -0.05) is 41.9 Å². The fourth-order valence-electron chi connectivity index (χ4n) is 4.14. The number of nitro benzene ring substituents is 1. The van der Waals surface area contributed by atoms with Crippen LogP contribution in [0.4, 0.5) is 11.4 Å². The van der Waals surface area contributed by atoms with Gasteiger partial charge in [0.2, 0.25) is 0 Å². The van der Waals surface area contributed by atoms with Gasteiger partial charge in [0, 0.05) is 28.8 Å². The van der Waals surface area contributed by atoms with E-state index in [1.165, 1.54) is 30.2 Å². The number of aliphatic hydroxyl groups is 1. The summed E-state index contributed by atoms with van der Waals surface area (Å²) in [5.74, 6) is -1.27. The first-order valence-corrected chi connectivity index (χ1v) is 10.9. The Morgan fingerprint density at radius 1 is 1.15 bits per heavy atom. The van der Waals surface area contributed by atoms with Crippen LogP contribution in [0.1, 0.15) is 27.9 Å². The standard InChI is InChI=1S/C25H21ClN2O6/c1-34-23-10-7-17(13-21(23)28(32)33)22(29)15-25(31)19-14-18(26)8-9-20(19)27(24(25)30)12-11-16-5-3-2-4-6-16/h2-10,13-14,31H,11-12,15H2,1H3. The molecule has 1 unspecified atom stereocenters. The van der Waals surface area contributed by atoms with Gasteiger partial charge in [-0.3, -0.25) is 19.7 Å². The molecule has 0 aromatic heterocycles. The molecule has 1 heterocycles. The third kappa shape index (κ3) is 4.25. The number of methoxy groups -OCH3 is 1. The molecule has 0 fully saturated rings. The Kier molecular flexibility index (Phi) is 6.37. The molecule has 0 spiro atoms. The molecule has 8 nitrogen and oxygen atoms in total. The Labute approximate surface area is 200 Å². The Morgan fingerprint density at radius 2 is 1.88 bits per heavy atom. The minimum absolute atomic E-state index is 0.00131. The summed E-state index contributed by atoms with van der Waals surface area (Å²) < 4.78 is 4.97. The van der Waals surface area contributed by atoms with E-state index in [2.05, 4.69) is 0 Å². The molecule has 1 aliphatic rings. The molecule has 0 saturated heterocycles. The number of nitrogens with zero attached hydrogens (tertiary/aromatic N) is 2. The zero-order chi connectivity index (χ0) is 24.5. The lowest BCUT2D eigenvalue weighted by Gasteiger charge is -2.23. The molecule has 0 bridgehead atoms. The summed E-state index contributed by atoms with van der Waals surface area (Å²) in [6, 6.07) is 18.1. The van der Waals surface area contributed by atoms with Crippen molar-refractivity contribution in [2.75, 3.05) is 18.6 Å². The Balaban J connectivity index is 1.65. The Bertz CT molecular complexity index is 1280. The van der Waals surface area contributed by atoms with Crippen LogP contribution < -0.4 is 9.64 Å². The van der Waals surface area contributed by atoms with Crippen LogP contribution in [-0.4, -0.2) is 35.4 Å². The van der Waals surface area contributed by atoms with Crippen LogP contribution in [0, 0.1) is 10.1 Å². The van der Waals surface area contributed by atoms with Crippen molar-refractivity contribution in [3.63, 3.8) is 0 Å². The number of halogens is 1. The zero-order valence-corrected chi connectivity index (χ0v) is 19.0. The van der Waals surface area contributed by atoms with Gasteiger partial charge in [0.25, 0.3) is 5.91 Å². The second-order valence-corrected chi connectivity index (χ2v) is 8.39. The number of nitro groups is 1. The van der Waals surface area contributed by atoms with Crippen LogP contribution in [0.5, 0.6) is 5.75 Å². The normalized spacial score (nSPS) is 16.9. The van der Waals surface area contributed by atoms with Crippen molar-refractivity contribution in [3.05, 3.63) is 98.6 Å². The summed E-state index contributed by atoms with van der Waals surface area (Å²) in [7, 11) is 1.29. The molecule has 1 amide bonds. The fourth-order valence-corrected chi connectivity index (χ4v) is 4.31. The maximum atomic E-state index is 13.4. The van der Waals surface area contributed by atoms with Crippen LogP contribution in [-0.2, 0) is 16.8 Å². The number of carbonyl (C=O) groups is 2. The highest BCUT2D eigenvalue weighted by Crippen LogP contribution is 2.44. The number of carbonyl (C=O) groups excluding carboxylic acids is 2. The summed E-state index contributed by atoms with van der Waals surface area (Å²) in [6.07, 6.45) is -0.0478. The molecule has 3 aromatic rings. The van der Waals surface area contributed by atoms with Gasteiger partial charge in [-0.05, 0) is 42.3 Å². The minimum Gasteiger partial charge on any atom is -0.490 e. The molecule has 4 rings (SSSR count). The fraction of sp³-hybridized carbons (Fsp3) is 0.200. The molecule has 1 N–H and O–H groups in total. The molecule has 1 atom stereocenters. The van der Waals surface area contributed by atoms with Gasteiger partial charge >= 0.3 is 5.69 Å². The van der Waals surface area contributed by atoms with Gasteiger partial charge in [0.05, 0.1) is 24.1 Å². The first kappa shape index (κ1) is 23.4. The highest BCUT2D eigenvalue weighted by molar-refractivity contribution is 6.31. The average molecular weight is 481 g/mol. The lowest BCUT2D eigenvalue weighted by molar-refractivity contribution is -0.385. The first-order chi connectivity index (χ1) is 16.2. The summed E-state index contributed by atoms with van der Waals surface area (Å²) >= 11 is 6.15. The summed E-state index contributed by atoms with van der Waals surface area (Å²) in [5.41, 5.74) is -0.826. The van der Waals surface area contributed by atoms with Crippen LogP contribution in [0.15, 0.2) is 66.7 Å². The molecule has 0 radical (unpaired) electrons. The van der Waals surface area contributed by atoms with Crippen molar-refractivity contribution in [3.8, 4) is 5.75 Å². The lowest BCUT2D eigenvalue weighted by atomic mass is 9.88. The summed E-state index contributed by atoms with van der Waals surface area (Å²) in [6.45, 7) is 0.294. The zero-order valence-electron chi connectivity index (χ0n) is 18.2. The average Bonchev–Trinajstić information content (AvgIpc) is 3.03. The molecule has 1 aliphatic heterocycles. The maximum Gasteiger partial charge on any atom is 0.311 e. The van der Waals surface area contributed by atoms with E-state index in [0.717, 1.165) is 11.6 Å². The number of amides is 1. The molecule has 0 saturated carbocycles. The maximum absolute atomic E-state index is 13.4. The van der Waals surface area contributed by atoms with Gasteiger partial charge in [-0.25, -0.2) is 0 Å². The number of ketones is 1. The third-order valence-corrected chi connectivity index (χ3v) is 6.11. The number of anilines is 1. The number of rotatable bonds is 8. The number of Topliss-reactive ketones (excluding diaryl/α,β-unsaturated/α-hetero) is 1. The summed E-state index contributed by atoms with van der Waals surface area (Å²) in [4.78, 5) is 38.6. The molecule has 0 aliphatic carbocycles. The van der Waals surface area contributed by atoms with E-state index in [1.807, 2.05) is 30.3 Å². The van der Waals surface area contributed by atoms with E-state index in [9.17, 15) is 24.8 Å². The van der Waals surface area contributed by atoms with Gasteiger partial charge < -0.3 is 14.7 Å². The lowest BCUT2D eigenvalue weighted by Crippen LogP contribution is -2.42. The van der Waals surface area contributed by atoms with Crippen molar-refractivity contribution in [1.29, 1.82) is 0 Å². The second kappa shape index (κ2) is 9.24. The van der Waals surface area contributed by atoms with Gasteiger partial charge in [-0.15, -0.1) is 0 Å². The number of hydrogen-bond donors (Lipinski definition) is 1. The molecule has 174 valence electrons. The van der Waals surface area contributed by atoms with Crippen molar-refractivity contribution in [2.45, 2.75) is 18.4 Å². The quantitative estimate of drug-likeness (QED) is 0.292. The van der Waals surface area contributed by atoms with E-state index in [1.54, 1.807) is 12.1 Å². The van der Waals surface area contributed by atoms with Gasteiger partial charge in [-0.2, -0.15) is 0 Å². The topological polar surface area (TPSA) is 110 Å². The van der Waals surface area contributed by atoms with E-state index >= 15 is 0 Å². The minimum atomic E-state index is -2.15. The smallest absolute Gasteiger partial charge is 0.311 e. The highest BCUT2D eigenvalue weighted by Gasteiger charge is 2.51. The van der Waals surface area contributed by atoms with Gasteiger partial charge in [0.15, 0.2) is 17.1 Å². The SMILES string of the molecule is COc1ccc(C(=O)CC2(O)C(=O)N(CCc3ccccc3)c3ccc(Cl)cc32)cc1[N+](=O)[O-]. The second-order valence-electron chi connectivity index (χ2n) is 7.96. The van der Waals surface area contributed by atoms with Crippen molar-refractivity contribution >= 4 is 34.7 Å². The van der Waals surface area contributed by atoms with Crippen molar-refractivity contribution < 1.29 is 24.4 Å². The number of hydrogen-bond acceptors (Lipinski definition) is 6. The molecule has 34 heavy (non-hydrogen) atoms. The predicted octanol–water partition coefficient (Wildman–Crippen LogP) is 4.31. The Morgan fingerprint density at radius 3 is 2.56 bits per heavy atom. The number of benzene rings is 3. The first-order valence-electron chi connectivity index (χ1n) is 10.5. The van der Waals surface area contributed by atoms with Crippen LogP contribution >= 0.6 is 11.6 Å². The summed E-state index contributed by atoms with van der Waals surface area (Å²) in [5, 5.41) is 23.1. The largest absolute Gasteiger partial charge is 0.490 e. The number of ether oxygens (including phenoxy) is 1. The van der Waals surface area contributed by atoms with E-state index in [0.29, 0.717) is 23.7 Å². The van der Waals surface area contributed by atoms with E-state index < -0.39 is 28.6 Å². The third-order valence-electron chi connectivity index (χ3n) is 5.87. The molecular weight excluding hydrogens is 460 g/mol. The van der Waals surface area contributed by atoms with Gasteiger partial charge in [0.1, 0.15) is 0 Å². The number of fused-ring (bicyclic) bond motifs is 1. The van der Waals surface area contributed by atoms with Crippen LogP contribution in [0.25, 0.3) is 0 Å². The van der Waals surface area contributed by atoms with Crippen LogP contribution in [0.3, 0.4) is 0 Å². The molecular formula is C25H21ClN2O6. The molecule has 3 aromatic carbocycles. The van der Waals surface area contributed by atoms with Crippen molar-refractivity contribution in [2.24, 2.45) is 0 Å². The van der Waals surface area contributed by atoms with E-state index in [4.69, 9.17) is 16.3 Å². The molecule has 9 heteroatoms. The van der Waals surface area contributed by atoms with Crippen LogP contribution in [0.2, 0.25) is 5.02 Å². The highest BCUT2D eigenvalue weighted by atomic mass is 35.5. The predicted molar refractivity (Wildman–Crippen MR) is 126 cm³/mol. The Hall–Kier alpha value is -3.75.